The van der Waals surface area contributed by atoms with Gasteiger partial charge >= 0.3 is 0 Å². The molecule has 0 saturated carbocycles. The summed E-state index contributed by atoms with van der Waals surface area (Å²) < 4.78 is 1.36. The highest BCUT2D eigenvalue weighted by Crippen LogP contribution is 2.21. The van der Waals surface area contributed by atoms with Gasteiger partial charge in [-0.05, 0) is 44.3 Å². The summed E-state index contributed by atoms with van der Waals surface area (Å²) in [7, 11) is 0. The van der Waals surface area contributed by atoms with Crippen LogP contribution in [0.4, 0.5) is 5.13 Å². The molecular formula is C19H23N5OS. The number of rotatable bonds is 5. The molecule has 1 N–H and O–H groups in total. The lowest BCUT2D eigenvalue weighted by Gasteiger charge is -2.32. The normalized spacial score (nSPS) is 16.2. The van der Waals surface area contributed by atoms with Crippen LogP contribution in [0.5, 0.6) is 0 Å². The SMILES string of the molecule is Cc1ccc(CN2CCC(CNc3nn4c(=O)ccnc4s3)CC2)cc1. The zero-order valence-electron chi connectivity index (χ0n) is 14.9. The van der Waals surface area contributed by atoms with Crippen molar-refractivity contribution in [2.75, 3.05) is 25.0 Å². The number of hydrogen-bond acceptors (Lipinski definition) is 6. The zero-order chi connectivity index (χ0) is 17.9. The topological polar surface area (TPSA) is 62.5 Å². The minimum atomic E-state index is -0.135. The van der Waals surface area contributed by atoms with E-state index in [1.807, 2.05) is 0 Å². The lowest BCUT2D eigenvalue weighted by atomic mass is 9.96. The Kier molecular flexibility index (Phi) is 4.99. The molecule has 0 bridgehead atoms. The van der Waals surface area contributed by atoms with Gasteiger partial charge in [-0.2, -0.15) is 4.52 Å². The van der Waals surface area contributed by atoms with E-state index < -0.39 is 0 Å². The average molecular weight is 369 g/mol. The van der Waals surface area contributed by atoms with Crippen LogP contribution in [-0.4, -0.2) is 39.1 Å². The van der Waals surface area contributed by atoms with Gasteiger partial charge in [0.25, 0.3) is 5.56 Å². The number of aryl methyl sites for hydroxylation is 1. The van der Waals surface area contributed by atoms with Crippen molar-refractivity contribution in [3.63, 3.8) is 0 Å². The fourth-order valence-corrected chi connectivity index (χ4v) is 4.13. The fraction of sp³-hybridized carbons (Fsp3) is 0.421. The van der Waals surface area contributed by atoms with Gasteiger partial charge in [-0.1, -0.05) is 41.2 Å². The molecule has 6 nitrogen and oxygen atoms in total. The van der Waals surface area contributed by atoms with Crippen LogP contribution in [-0.2, 0) is 6.54 Å². The Bertz CT molecular complexity index is 925. The Labute approximate surface area is 156 Å². The first-order valence-electron chi connectivity index (χ1n) is 9.04. The van der Waals surface area contributed by atoms with Gasteiger partial charge in [0.05, 0.1) is 0 Å². The highest BCUT2D eigenvalue weighted by molar-refractivity contribution is 7.20. The molecule has 1 aliphatic heterocycles. The first kappa shape index (κ1) is 17.2. The number of anilines is 1. The summed E-state index contributed by atoms with van der Waals surface area (Å²) in [6.45, 7) is 6.31. The van der Waals surface area contributed by atoms with Gasteiger partial charge in [0, 0.05) is 25.4 Å². The molecule has 0 radical (unpaired) electrons. The summed E-state index contributed by atoms with van der Waals surface area (Å²) in [6, 6.07) is 10.3. The predicted octanol–water partition coefficient (Wildman–Crippen LogP) is 2.78. The van der Waals surface area contributed by atoms with E-state index in [9.17, 15) is 4.79 Å². The molecule has 0 aliphatic carbocycles. The van der Waals surface area contributed by atoms with Gasteiger partial charge in [0.2, 0.25) is 10.1 Å². The third kappa shape index (κ3) is 3.94. The summed E-state index contributed by atoms with van der Waals surface area (Å²) in [5, 5.41) is 8.47. The van der Waals surface area contributed by atoms with Crippen molar-refractivity contribution in [3.05, 3.63) is 58.0 Å². The van der Waals surface area contributed by atoms with Gasteiger partial charge < -0.3 is 5.32 Å². The maximum Gasteiger partial charge on any atom is 0.275 e. The second-order valence-electron chi connectivity index (χ2n) is 6.97. The van der Waals surface area contributed by atoms with E-state index in [0.29, 0.717) is 10.9 Å². The highest BCUT2D eigenvalue weighted by atomic mass is 32.1. The number of likely N-dealkylation sites (tertiary alicyclic amines) is 1. The molecule has 4 rings (SSSR count). The van der Waals surface area contributed by atoms with E-state index in [0.717, 1.165) is 31.3 Å². The van der Waals surface area contributed by atoms with Crippen molar-refractivity contribution in [1.29, 1.82) is 0 Å². The van der Waals surface area contributed by atoms with Crippen LogP contribution >= 0.6 is 11.3 Å². The summed E-state index contributed by atoms with van der Waals surface area (Å²) in [4.78, 5) is 19.1. The molecule has 0 atom stereocenters. The Morgan fingerprint density at radius 3 is 2.69 bits per heavy atom. The first-order valence-corrected chi connectivity index (χ1v) is 9.86. The van der Waals surface area contributed by atoms with Crippen LogP contribution in [0.3, 0.4) is 0 Å². The van der Waals surface area contributed by atoms with Crippen molar-refractivity contribution in [2.24, 2.45) is 5.92 Å². The third-order valence-corrected chi connectivity index (χ3v) is 5.83. The molecule has 1 aliphatic rings. The smallest absolute Gasteiger partial charge is 0.275 e. The number of hydrogen-bond donors (Lipinski definition) is 1. The highest BCUT2D eigenvalue weighted by Gasteiger charge is 2.19. The Morgan fingerprint density at radius 2 is 1.96 bits per heavy atom. The minimum absolute atomic E-state index is 0.135. The van der Waals surface area contributed by atoms with Crippen LogP contribution in [0.1, 0.15) is 24.0 Å². The molecule has 2 aromatic heterocycles. The lowest BCUT2D eigenvalue weighted by Crippen LogP contribution is -2.35. The van der Waals surface area contributed by atoms with E-state index >= 15 is 0 Å². The molecule has 0 spiro atoms. The number of fused-ring (bicyclic) bond motifs is 1. The molecule has 26 heavy (non-hydrogen) atoms. The monoisotopic (exact) mass is 369 g/mol. The van der Waals surface area contributed by atoms with Crippen molar-refractivity contribution >= 4 is 21.4 Å². The van der Waals surface area contributed by atoms with E-state index in [-0.39, 0.29) is 5.56 Å². The van der Waals surface area contributed by atoms with Crippen molar-refractivity contribution in [1.82, 2.24) is 19.5 Å². The van der Waals surface area contributed by atoms with Crippen molar-refractivity contribution in [2.45, 2.75) is 26.3 Å². The van der Waals surface area contributed by atoms with Gasteiger partial charge in [0.1, 0.15) is 0 Å². The van der Waals surface area contributed by atoms with Crippen molar-refractivity contribution < 1.29 is 0 Å². The minimum Gasteiger partial charge on any atom is -0.360 e. The average Bonchev–Trinajstić information content (AvgIpc) is 3.08. The molecule has 136 valence electrons. The second-order valence-corrected chi connectivity index (χ2v) is 7.93. The molecule has 0 unspecified atom stereocenters. The van der Waals surface area contributed by atoms with Crippen LogP contribution < -0.4 is 10.9 Å². The number of benzene rings is 1. The largest absolute Gasteiger partial charge is 0.360 e. The molecule has 0 amide bonds. The molecule has 1 aromatic carbocycles. The van der Waals surface area contributed by atoms with Gasteiger partial charge in [0.15, 0.2) is 0 Å². The van der Waals surface area contributed by atoms with E-state index in [2.05, 4.69) is 51.5 Å². The lowest BCUT2D eigenvalue weighted by molar-refractivity contribution is 0.182. The Balaban J connectivity index is 1.27. The van der Waals surface area contributed by atoms with Gasteiger partial charge in [-0.3, -0.25) is 9.69 Å². The van der Waals surface area contributed by atoms with E-state index in [1.54, 1.807) is 0 Å². The molecule has 1 fully saturated rings. The molecule has 3 heterocycles. The molecule has 1 saturated heterocycles. The van der Waals surface area contributed by atoms with E-state index in [4.69, 9.17) is 0 Å². The summed E-state index contributed by atoms with van der Waals surface area (Å²) >= 11 is 1.42. The van der Waals surface area contributed by atoms with Crippen LogP contribution in [0, 0.1) is 12.8 Å². The molecule has 7 heteroatoms. The van der Waals surface area contributed by atoms with Gasteiger partial charge in [-0.15, -0.1) is 5.10 Å². The Morgan fingerprint density at radius 1 is 1.19 bits per heavy atom. The third-order valence-electron chi connectivity index (χ3n) is 4.95. The zero-order valence-corrected chi connectivity index (χ0v) is 15.7. The molecule has 3 aromatic rings. The fourth-order valence-electron chi connectivity index (χ4n) is 3.35. The standard InChI is InChI=1S/C19H23N5OS/c1-14-2-4-16(5-3-14)13-23-10-7-15(8-11-23)12-21-18-22-24-17(25)6-9-20-19(24)26-18/h2-6,9,15H,7-8,10-13H2,1H3,(H,21,22). The number of nitrogens with one attached hydrogen (secondary N) is 1. The Hall–Kier alpha value is -2.25. The van der Waals surface area contributed by atoms with Crippen LogP contribution in [0.15, 0.2) is 41.3 Å². The molecular weight excluding hydrogens is 346 g/mol. The van der Waals surface area contributed by atoms with Gasteiger partial charge in [-0.25, -0.2) is 4.98 Å². The number of piperidine rings is 1. The predicted molar refractivity (Wildman–Crippen MR) is 105 cm³/mol. The number of aromatic nitrogens is 3. The quantitative estimate of drug-likeness (QED) is 0.749. The van der Waals surface area contributed by atoms with Crippen molar-refractivity contribution in [3.8, 4) is 0 Å². The maximum absolute atomic E-state index is 11.7. The summed E-state index contributed by atoms with van der Waals surface area (Å²) in [5.74, 6) is 0.640. The summed E-state index contributed by atoms with van der Waals surface area (Å²) in [6.07, 6.45) is 3.90. The summed E-state index contributed by atoms with van der Waals surface area (Å²) in [5.41, 5.74) is 2.56. The maximum atomic E-state index is 11.7. The first-order chi connectivity index (χ1) is 12.7. The van der Waals surface area contributed by atoms with Crippen LogP contribution in [0.2, 0.25) is 0 Å². The second kappa shape index (κ2) is 7.55. The van der Waals surface area contributed by atoms with E-state index in [1.165, 1.54) is 52.1 Å². The van der Waals surface area contributed by atoms with Crippen LogP contribution in [0.25, 0.3) is 4.96 Å². The number of nitrogens with zero attached hydrogens (tertiary/aromatic N) is 4.